The summed E-state index contributed by atoms with van der Waals surface area (Å²) in [6.45, 7) is 24.0. The molecule has 0 amide bonds. The molecule has 53 heavy (non-hydrogen) atoms. The number of hydrogen-bond acceptors (Lipinski definition) is 4. The third-order valence-electron chi connectivity index (χ3n) is 11.1. The molecule has 0 bridgehead atoms. The summed E-state index contributed by atoms with van der Waals surface area (Å²) in [6.07, 6.45) is 4.81. The Hall–Kier alpha value is -4.44. The first-order valence-electron chi connectivity index (χ1n) is 19.5. The van der Waals surface area contributed by atoms with Crippen LogP contribution in [0.1, 0.15) is 162 Å². The summed E-state index contributed by atoms with van der Waals surface area (Å²) in [7, 11) is 0. The van der Waals surface area contributed by atoms with Gasteiger partial charge in [-0.2, -0.15) is 0 Å². The fourth-order valence-electron chi connectivity index (χ4n) is 9.19. The maximum Gasteiger partial charge on any atom is 0.163 e. The Morgan fingerprint density at radius 2 is 0.491 bits per heavy atom. The quantitative estimate of drug-likeness (QED) is 0.108. The van der Waals surface area contributed by atoms with Crippen LogP contribution in [0.4, 0.5) is 0 Å². The van der Waals surface area contributed by atoms with E-state index in [4.69, 9.17) is 0 Å². The van der Waals surface area contributed by atoms with Gasteiger partial charge in [-0.1, -0.05) is 76.2 Å². The minimum absolute atomic E-state index is 0.158. The Morgan fingerprint density at radius 3 is 0.623 bits per heavy atom. The second-order valence-electron chi connectivity index (χ2n) is 15.7. The molecular formula is C49H60O4. The van der Waals surface area contributed by atoms with Crippen molar-refractivity contribution in [2.45, 2.75) is 134 Å². The number of ketones is 4. The molecule has 0 aliphatic rings. The molecule has 0 aliphatic heterocycles. The van der Waals surface area contributed by atoms with E-state index in [1.54, 1.807) is 0 Å². The molecule has 4 nitrogen and oxygen atoms in total. The number of benzene rings is 4. The Bertz CT molecular complexity index is 1680. The molecule has 0 radical (unpaired) electrons. The van der Waals surface area contributed by atoms with Crippen molar-refractivity contribution in [3.05, 3.63) is 138 Å². The maximum absolute atomic E-state index is 13.0. The van der Waals surface area contributed by atoms with E-state index in [1.165, 1.54) is 22.3 Å². The molecule has 0 saturated carbocycles. The van der Waals surface area contributed by atoms with Gasteiger partial charge in [-0.05, 0) is 153 Å². The lowest BCUT2D eigenvalue weighted by molar-refractivity contribution is 0.0979. The molecule has 4 rings (SSSR count). The van der Waals surface area contributed by atoms with Crippen LogP contribution < -0.4 is 0 Å². The topological polar surface area (TPSA) is 68.3 Å². The predicted octanol–water partition coefficient (Wildman–Crippen LogP) is 11.8. The summed E-state index contributed by atoms with van der Waals surface area (Å²) in [5, 5.41) is 0. The second kappa shape index (κ2) is 17.1. The van der Waals surface area contributed by atoms with E-state index >= 15 is 0 Å². The van der Waals surface area contributed by atoms with Gasteiger partial charge in [-0.25, -0.2) is 0 Å². The normalized spacial score (nSPS) is 11.5. The number of carbonyl (C=O) groups excluding carboxylic acids is 4. The number of Topliss-reactive ketones (excluding diaryl/α,β-unsaturated/α-hetero) is 4. The first kappa shape index (κ1) is 41.3. The van der Waals surface area contributed by atoms with Crippen molar-refractivity contribution in [1.82, 2.24) is 0 Å². The van der Waals surface area contributed by atoms with Gasteiger partial charge in [-0.3, -0.25) is 19.2 Å². The van der Waals surface area contributed by atoms with Crippen LogP contribution in [0.3, 0.4) is 0 Å². The van der Waals surface area contributed by atoms with Crippen molar-refractivity contribution in [2.24, 2.45) is 5.41 Å². The average Bonchev–Trinajstić information content (AvgIpc) is 3.06. The van der Waals surface area contributed by atoms with E-state index in [1.807, 2.05) is 83.1 Å². The Morgan fingerprint density at radius 1 is 0.340 bits per heavy atom. The lowest BCUT2D eigenvalue weighted by atomic mass is 9.67. The first-order chi connectivity index (χ1) is 25.0. The minimum Gasteiger partial charge on any atom is -0.294 e. The molecule has 4 heteroatoms. The van der Waals surface area contributed by atoms with Crippen molar-refractivity contribution in [3.8, 4) is 0 Å². The molecular weight excluding hydrogens is 653 g/mol. The molecule has 0 N–H and O–H groups in total. The third-order valence-corrected chi connectivity index (χ3v) is 11.1. The fraction of sp³-hybridized carbons (Fsp3) is 0.429. The SMILES string of the molecule is CCC(=O)c1c(C)cc(CC(Cc2cc(C)c(C(=O)CC)c(C)c2)(Cc2cc(C)c(C(=O)CC)c(C)c2)Cc2cc(C)c(C(=O)CC)c(C)c2)cc1C. The van der Waals surface area contributed by atoms with Crippen LogP contribution in [0.5, 0.6) is 0 Å². The monoisotopic (exact) mass is 712 g/mol. The van der Waals surface area contributed by atoms with Gasteiger partial charge in [0.1, 0.15) is 0 Å². The molecule has 4 aromatic carbocycles. The zero-order chi connectivity index (χ0) is 39.4. The van der Waals surface area contributed by atoms with Crippen molar-refractivity contribution in [2.75, 3.05) is 0 Å². The first-order valence-corrected chi connectivity index (χ1v) is 19.5. The highest BCUT2D eigenvalue weighted by atomic mass is 16.1. The largest absolute Gasteiger partial charge is 0.294 e. The number of carbonyl (C=O) groups is 4. The molecule has 280 valence electrons. The van der Waals surface area contributed by atoms with Crippen LogP contribution in [0, 0.1) is 60.8 Å². The number of rotatable bonds is 16. The van der Waals surface area contributed by atoms with Crippen LogP contribution in [0.25, 0.3) is 0 Å². The molecule has 0 spiro atoms. The van der Waals surface area contributed by atoms with Gasteiger partial charge in [0.25, 0.3) is 0 Å². The number of aryl methyl sites for hydroxylation is 8. The lowest BCUT2D eigenvalue weighted by Crippen LogP contribution is -2.33. The molecule has 0 heterocycles. The van der Waals surface area contributed by atoms with E-state index in [2.05, 4.69) is 48.5 Å². The molecule has 0 atom stereocenters. The summed E-state index contributed by atoms with van der Waals surface area (Å²) in [6, 6.07) is 17.6. The molecule has 0 aliphatic carbocycles. The summed E-state index contributed by atoms with van der Waals surface area (Å²) < 4.78 is 0. The van der Waals surface area contributed by atoms with Crippen LogP contribution >= 0.6 is 0 Å². The Kier molecular flexibility index (Phi) is 13.4. The van der Waals surface area contributed by atoms with Gasteiger partial charge >= 0.3 is 0 Å². The van der Waals surface area contributed by atoms with E-state index < -0.39 is 0 Å². The predicted molar refractivity (Wildman–Crippen MR) is 219 cm³/mol. The van der Waals surface area contributed by atoms with Crippen LogP contribution in [-0.4, -0.2) is 23.1 Å². The fourth-order valence-corrected chi connectivity index (χ4v) is 9.19. The zero-order valence-corrected chi connectivity index (χ0v) is 34.4. The van der Waals surface area contributed by atoms with Crippen LogP contribution in [0.2, 0.25) is 0 Å². The summed E-state index contributed by atoms with van der Waals surface area (Å²) in [5.41, 5.74) is 15.6. The van der Waals surface area contributed by atoms with E-state index in [-0.39, 0.29) is 28.5 Å². The maximum atomic E-state index is 13.0. The van der Waals surface area contributed by atoms with E-state index in [0.717, 1.165) is 92.4 Å². The van der Waals surface area contributed by atoms with Crippen molar-refractivity contribution in [1.29, 1.82) is 0 Å². The highest BCUT2D eigenvalue weighted by Gasteiger charge is 2.34. The minimum atomic E-state index is -0.353. The molecule has 0 unspecified atom stereocenters. The summed E-state index contributed by atoms with van der Waals surface area (Å²) in [4.78, 5) is 51.9. The van der Waals surface area contributed by atoms with Gasteiger partial charge in [0, 0.05) is 47.9 Å². The van der Waals surface area contributed by atoms with Crippen LogP contribution in [-0.2, 0) is 25.7 Å². The molecule has 0 aromatic heterocycles. The Labute approximate surface area is 318 Å². The van der Waals surface area contributed by atoms with Gasteiger partial charge in [0.2, 0.25) is 0 Å². The standard InChI is InChI=1S/C49H60O4/c1-13-41(50)45-29(5)17-37(18-30(45)6)25-49(26-38-19-31(7)46(32(8)20-38)42(51)14-2,27-39-21-33(9)47(34(10)22-39)43(52)15-3)28-40-23-35(11)48(36(12)24-40)44(53)16-4/h17-24H,13-16,25-28H2,1-12H3. The van der Waals surface area contributed by atoms with Gasteiger partial charge in [-0.15, -0.1) is 0 Å². The molecule has 4 aromatic rings. The van der Waals surface area contributed by atoms with Crippen molar-refractivity contribution < 1.29 is 19.2 Å². The van der Waals surface area contributed by atoms with Crippen LogP contribution in [0.15, 0.2) is 48.5 Å². The molecule has 0 fully saturated rings. The van der Waals surface area contributed by atoms with Crippen molar-refractivity contribution in [3.63, 3.8) is 0 Å². The summed E-state index contributed by atoms with van der Waals surface area (Å²) in [5.74, 6) is 0.633. The smallest absolute Gasteiger partial charge is 0.163 e. The highest BCUT2D eigenvalue weighted by Crippen LogP contribution is 2.39. The van der Waals surface area contributed by atoms with E-state index in [9.17, 15) is 19.2 Å². The average molecular weight is 713 g/mol. The number of hydrogen-bond donors (Lipinski definition) is 0. The van der Waals surface area contributed by atoms with Gasteiger partial charge < -0.3 is 0 Å². The van der Waals surface area contributed by atoms with E-state index in [0.29, 0.717) is 25.7 Å². The zero-order valence-electron chi connectivity index (χ0n) is 34.4. The van der Waals surface area contributed by atoms with Gasteiger partial charge in [0.15, 0.2) is 23.1 Å². The Balaban J connectivity index is 2.02. The summed E-state index contributed by atoms with van der Waals surface area (Å²) >= 11 is 0. The van der Waals surface area contributed by atoms with Crippen molar-refractivity contribution >= 4 is 23.1 Å². The third kappa shape index (κ3) is 9.21. The van der Waals surface area contributed by atoms with Gasteiger partial charge in [0.05, 0.1) is 0 Å². The highest BCUT2D eigenvalue weighted by molar-refractivity contribution is 6.00. The second-order valence-corrected chi connectivity index (χ2v) is 15.7. The molecule has 0 saturated heterocycles. The lowest BCUT2D eigenvalue weighted by Gasteiger charge is -2.36.